The van der Waals surface area contributed by atoms with Crippen molar-refractivity contribution in [3.63, 3.8) is 0 Å². The standard InChI is InChI=1S/C10H5ClN2S2/c11-10-13-12-9(15-10)7-5-14-8-4-2-1-3-6(7)8/h1-5H. The second-order valence-corrected chi connectivity index (χ2v) is 5.48. The first-order valence-electron chi connectivity index (χ1n) is 4.30. The number of aromatic nitrogens is 2. The van der Waals surface area contributed by atoms with Crippen molar-refractivity contribution >= 4 is 44.4 Å². The van der Waals surface area contributed by atoms with Crippen LogP contribution in [-0.2, 0) is 0 Å². The number of hydrogen-bond donors (Lipinski definition) is 0. The summed E-state index contributed by atoms with van der Waals surface area (Å²) in [5, 5.41) is 12.1. The Morgan fingerprint density at radius 1 is 1.13 bits per heavy atom. The Morgan fingerprint density at radius 2 is 2.00 bits per heavy atom. The molecule has 74 valence electrons. The van der Waals surface area contributed by atoms with Crippen molar-refractivity contribution in [2.24, 2.45) is 0 Å². The molecule has 0 aliphatic rings. The largest absolute Gasteiger partial charge is 0.207 e. The van der Waals surface area contributed by atoms with E-state index >= 15 is 0 Å². The maximum atomic E-state index is 5.78. The molecule has 0 fully saturated rings. The molecule has 15 heavy (non-hydrogen) atoms. The van der Waals surface area contributed by atoms with E-state index in [2.05, 4.69) is 27.7 Å². The minimum Gasteiger partial charge on any atom is -0.143 e. The van der Waals surface area contributed by atoms with Gasteiger partial charge >= 0.3 is 0 Å². The monoisotopic (exact) mass is 252 g/mol. The lowest BCUT2D eigenvalue weighted by atomic mass is 10.2. The summed E-state index contributed by atoms with van der Waals surface area (Å²) in [4.78, 5) is 0. The van der Waals surface area contributed by atoms with E-state index < -0.39 is 0 Å². The van der Waals surface area contributed by atoms with Crippen LogP contribution in [0.15, 0.2) is 29.6 Å². The van der Waals surface area contributed by atoms with Crippen molar-refractivity contribution in [2.75, 3.05) is 0 Å². The molecule has 0 N–H and O–H groups in total. The Balaban J connectivity index is 2.27. The highest BCUT2D eigenvalue weighted by atomic mass is 35.5. The number of benzene rings is 1. The molecule has 0 aliphatic carbocycles. The van der Waals surface area contributed by atoms with Gasteiger partial charge in [-0.3, -0.25) is 0 Å². The van der Waals surface area contributed by atoms with Gasteiger partial charge in [0.1, 0.15) is 5.01 Å². The molecule has 2 aromatic heterocycles. The number of rotatable bonds is 1. The van der Waals surface area contributed by atoms with Crippen molar-refractivity contribution < 1.29 is 0 Å². The molecule has 3 rings (SSSR count). The first-order chi connectivity index (χ1) is 7.34. The van der Waals surface area contributed by atoms with Crippen molar-refractivity contribution in [3.05, 3.63) is 34.1 Å². The van der Waals surface area contributed by atoms with Crippen molar-refractivity contribution in [2.45, 2.75) is 0 Å². The molecule has 0 bridgehead atoms. The van der Waals surface area contributed by atoms with Crippen molar-refractivity contribution in [3.8, 4) is 10.6 Å². The summed E-state index contributed by atoms with van der Waals surface area (Å²) in [7, 11) is 0. The molecule has 3 aromatic rings. The van der Waals surface area contributed by atoms with Gasteiger partial charge in [-0.1, -0.05) is 29.5 Å². The smallest absolute Gasteiger partial charge is 0.143 e. The predicted molar refractivity (Wildman–Crippen MR) is 65.7 cm³/mol. The van der Waals surface area contributed by atoms with Crippen LogP contribution in [0.5, 0.6) is 0 Å². The quantitative estimate of drug-likeness (QED) is 0.652. The lowest BCUT2D eigenvalue weighted by molar-refractivity contribution is 1.10. The fraction of sp³-hybridized carbons (Fsp3) is 0. The highest BCUT2D eigenvalue weighted by Gasteiger charge is 2.10. The molecular formula is C10H5ClN2S2. The second-order valence-electron chi connectivity index (χ2n) is 3.01. The predicted octanol–water partition coefficient (Wildman–Crippen LogP) is 4.07. The zero-order chi connectivity index (χ0) is 10.3. The molecule has 1 aromatic carbocycles. The van der Waals surface area contributed by atoms with E-state index in [1.807, 2.05) is 12.1 Å². The summed E-state index contributed by atoms with van der Waals surface area (Å²) in [5.41, 5.74) is 1.13. The minimum atomic E-state index is 0.486. The molecule has 0 saturated carbocycles. The van der Waals surface area contributed by atoms with Gasteiger partial charge in [0.2, 0.25) is 4.47 Å². The highest BCUT2D eigenvalue weighted by Crippen LogP contribution is 2.35. The third-order valence-electron chi connectivity index (χ3n) is 2.11. The summed E-state index contributed by atoms with van der Waals surface area (Å²) in [6, 6.07) is 8.26. The van der Waals surface area contributed by atoms with Crippen LogP contribution in [0.2, 0.25) is 4.47 Å². The van der Waals surface area contributed by atoms with Gasteiger partial charge in [-0.05, 0) is 17.7 Å². The second kappa shape index (κ2) is 3.56. The van der Waals surface area contributed by atoms with Crippen molar-refractivity contribution in [1.29, 1.82) is 0 Å². The summed E-state index contributed by atoms with van der Waals surface area (Å²) in [6.07, 6.45) is 0. The molecule has 0 amide bonds. The Hall–Kier alpha value is -0.970. The van der Waals surface area contributed by atoms with Crippen LogP contribution in [0, 0.1) is 0 Å². The molecule has 0 unspecified atom stereocenters. The van der Waals surface area contributed by atoms with Crippen LogP contribution in [-0.4, -0.2) is 10.2 Å². The van der Waals surface area contributed by atoms with Crippen LogP contribution in [0.1, 0.15) is 0 Å². The molecule has 0 atom stereocenters. The molecule has 0 radical (unpaired) electrons. The van der Waals surface area contributed by atoms with Gasteiger partial charge in [-0.2, -0.15) is 0 Å². The van der Waals surface area contributed by atoms with Gasteiger partial charge in [-0.25, -0.2) is 0 Å². The van der Waals surface area contributed by atoms with Crippen LogP contribution in [0.3, 0.4) is 0 Å². The fourth-order valence-corrected chi connectivity index (χ4v) is 3.34. The van der Waals surface area contributed by atoms with Crippen LogP contribution in [0.4, 0.5) is 0 Å². The minimum absolute atomic E-state index is 0.486. The molecular weight excluding hydrogens is 248 g/mol. The third kappa shape index (κ3) is 1.55. The first kappa shape index (κ1) is 9.27. The maximum Gasteiger partial charge on any atom is 0.207 e. The summed E-state index contributed by atoms with van der Waals surface area (Å²) >= 11 is 8.90. The molecule has 2 heterocycles. The maximum absolute atomic E-state index is 5.78. The SMILES string of the molecule is Clc1nnc(-c2csc3ccccc23)s1. The van der Waals surface area contributed by atoms with Crippen LogP contribution in [0.25, 0.3) is 20.7 Å². The Morgan fingerprint density at radius 3 is 2.80 bits per heavy atom. The average Bonchev–Trinajstić information content (AvgIpc) is 2.83. The van der Waals surface area contributed by atoms with Gasteiger partial charge in [0.15, 0.2) is 0 Å². The summed E-state index contributed by atoms with van der Waals surface area (Å²) < 4.78 is 1.75. The van der Waals surface area contributed by atoms with Gasteiger partial charge < -0.3 is 0 Å². The van der Waals surface area contributed by atoms with Gasteiger partial charge in [0.05, 0.1) is 0 Å². The normalized spacial score (nSPS) is 11.0. The Labute approximate surface area is 99.2 Å². The summed E-state index contributed by atoms with van der Waals surface area (Å²) in [6.45, 7) is 0. The third-order valence-corrected chi connectivity index (χ3v) is 4.13. The first-order valence-corrected chi connectivity index (χ1v) is 6.37. The van der Waals surface area contributed by atoms with E-state index in [0.717, 1.165) is 10.6 Å². The number of fused-ring (bicyclic) bond motifs is 1. The van der Waals surface area contributed by atoms with E-state index in [4.69, 9.17) is 11.6 Å². The van der Waals surface area contributed by atoms with E-state index in [1.54, 1.807) is 11.3 Å². The summed E-state index contributed by atoms with van der Waals surface area (Å²) in [5.74, 6) is 0. The topological polar surface area (TPSA) is 25.8 Å². The van der Waals surface area contributed by atoms with Gasteiger partial charge in [-0.15, -0.1) is 21.5 Å². The van der Waals surface area contributed by atoms with E-state index in [0.29, 0.717) is 4.47 Å². The Kier molecular flexibility index (Phi) is 2.20. The number of halogens is 1. The molecule has 2 nitrogen and oxygen atoms in total. The zero-order valence-electron chi connectivity index (χ0n) is 7.48. The zero-order valence-corrected chi connectivity index (χ0v) is 9.86. The average molecular weight is 253 g/mol. The molecule has 0 saturated heterocycles. The van der Waals surface area contributed by atoms with Gasteiger partial charge in [0.25, 0.3) is 0 Å². The number of nitrogens with zero attached hydrogens (tertiary/aromatic N) is 2. The van der Waals surface area contributed by atoms with Crippen molar-refractivity contribution in [1.82, 2.24) is 10.2 Å². The number of hydrogen-bond acceptors (Lipinski definition) is 4. The highest BCUT2D eigenvalue weighted by molar-refractivity contribution is 7.20. The lowest BCUT2D eigenvalue weighted by Crippen LogP contribution is -1.73. The van der Waals surface area contributed by atoms with Crippen LogP contribution < -0.4 is 0 Å². The molecule has 0 spiro atoms. The number of thiophene rings is 1. The fourth-order valence-electron chi connectivity index (χ4n) is 1.46. The van der Waals surface area contributed by atoms with E-state index in [-0.39, 0.29) is 0 Å². The lowest BCUT2D eigenvalue weighted by Gasteiger charge is -1.91. The molecule has 0 aliphatic heterocycles. The van der Waals surface area contributed by atoms with E-state index in [9.17, 15) is 0 Å². The Bertz CT molecular complexity index is 614. The molecule has 5 heteroatoms. The van der Waals surface area contributed by atoms with Crippen LogP contribution >= 0.6 is 34.3 Å². The van der Waals surface area contributed by atoms with E-state index in [1.165, 1.54) is 21.4 Å². The van der Waals surface area contributed by atoms with Gasteiger partial charge in [0, 0.05) is 21.0 Å².